The molecule has 2 unspecified atom stereocenters. The first-order chi connectivity index (χ1) is 7.11. The number of aryl methyl sites for hydroxylation is 1. The zero-order valence-electron chi connectivity index (χ0n) is 9.68. The highest BCUT2D eigenvalue weighted by atomic mass is 16.5. The number of aliphatic hydroxyl groups is 1. The molecule has 1 heterocycles. The van der Waals surface area contributed by atoms with E-state index in [1.807, 2.05) is 26.2 Å². The number of hydrogen-bond donors (Lipinski definition) is 1. The predicted molar refractivity (Wildman–Crippen MR) is 58.6 cm³/mol. The van der Waals surface area contributed by atoms with Gasteiger partial charge in [0, 0.05) is 26.8 Å². The van der Waals surface area contributed by atoms with E-state index in [2.05, 4.69) is 5.10 Å². The Balaban J connectivity index is 2.27. The topological polar surface area (TPSA) is 47.3 Å². The zero-order valence-corrected chi connectivity index (χ0v) is 9.68. The van der Waals surface area contributed by atoms with E-state index in [0.29, 0.717) is 6.42 Å². The molecule has 2 atom stereocenters. The summed E-state index contributed by atoms with van der Waals surface area (Å²) in [5.74, 6) is 0. The molecule has 86 valence electrons. The van der Waals surface area contributed by atoms with Crippen molar-refractivity contribution < 1.29 is 9.84 Å². The third kappa shape index (κ3) is 4.44. The molecular formula is C11H20N2O2. The Morgan fingerprint density at radius 1 is 1.53 bits per heavy atom. The Hall–Kier alpha value is -0.870. The van der Waals surface area contributed by atoms with E-state index in [1.165, 1.54) is 0 Å². The van der Waals surface area contributed by atoms with Crippen molar-refractivity contribution in [3.05, 3.63) is 18.0 Å². The second kappa shape index (κ2) is 5.88. The normalized spacial score (nSPS) is 15.2. The average Bonchev–Trinajstić information content (AvgIpc) is 2.60. The van der Waals surface area contributed by atoms with Crippen LogP contribution in [0.2, 0.25) is 0 Å². The Kier molecular flexibility index (Phi) is 4.78. The zero-order chi connectivity index (χ0) is 11.3. The Morgan fingerprint density at radius 3 is 2.80 bits per heavy atom. The van der Waals surface area contributed by atoms with Gasteiger partial charge in [0.15, 0.2) is 0 Å². The summed E-state index contributed by atoms with van der Waals surface area (Å²) in [6, 6.07) is 1.93. The number of aromatic nitrogens is 2. The fraction of sp³-hybridized carbons (Fsp3) is 0.727. The van der Waals surface area contributed by atoms with E-state index >= 15 is 0 Å². The Bertz CT molecular complexity index is 286. The van der Waals surface area contributed by atoms with Crippen LogP contribution >= 0.6 is 0 Å². The Labute approximate surface area is 90.9 Å². The van der Waals surface area contributed by atoms with Crippen molar-refractivity contribution in [1.82, 2.24) is 9.78 Å². The smallest absolute Gasteiger partial charge is 0.0650 e. The van der Waals surface area contributed by atoms with Crippen LogP contribution in [0.4, 0.5) is 0 Å². The molecule has 4 heteroatoms. The first kappa shape index (κ1) is 12.2. The third-order valence-corrected chi connectivity index (χ3v) is 2.52. The van der Waals surface area contributed by atoms with Crippen molar-refractivity contribution in [2.75, 3.05) is 7.11 Å². The molecule has 1 rings (SSSR count). The van der Waals surface area contributed by atoms with E-state index in [1.54, 1.807) is 11.8 Å². The van der Waals surface area contributed by atoms with E-state index in [-0.39, 0.29) is 12.2 Å². The number of nitrogens with zero attached hydrogens (tertiary/aromatic N) is 2. The number of aliphatic hydroxyl groups excluding tert-OH is 1. The lowest BCUT2D eigenvalue weighted by Crippen LogP contribution is -2.15. The molecule has 4 nitrogen and oxygen atoms in total. The van der Waals surface area contributed by atoms with E-state index in [4.69, 9.17) is 4.74 Å². The average molecular weight is 212 g/mol. The Morgan fingerprint density at radius 2 is 2.27 bits per heavy atom. The molecule has 0 radical (unpaired) electrons. The fourth-order valence-corrected chi connectivity index (χ4v) is 1.46. The molecule has 0 aliphatic carbocycles. The minimum absolute atomic E-state index is 0.211. The van der Waals surface area contributed by atoms with Gasteiger partial charge >= 0.3 is 0 Å². The van der Waals surface area contributed by atoms with Crippen LogP contribution < -0.4 is 0 Å². The van der Waals surface area contributed by atoms with Gasteiger partial charge in [-0.25, -0.2) is 0 Å². The van der Waals surface area contributed by atoms with Crippen molar-refractivity contribution in [2.45, 2.75) is 38.4 Å². The highest BCUT2D eigenvalue weighted by Gasteiger charge is 2.09. The van der Waals surface area contributed by atoms with Gasteiger partial charge in [0.2, 0.25) is 0 Å². The highest BCUT2D eigenvalue weighted by molar-refractivity contribution is 5.00. The molecular weight excluding hydrogens is 192 g/mol. The lowest BCUT2D eigenvalue weighted by molar-refractivity contribution is 0.0848. The molecule has 0 fully saturated rings. The van der Waals surface area contributed by atoms with Gasteiger partial charge in [-0.1, -0.05) is 0 Å². The lowest BCUT2D eigenvalue weighted by Gasteiger charge is -2.12. The van der Waals surface area contributed by atoms with Gasteiger partial charge in [0.1, 0.15) is 0 Å². The van der Waals surface area contributed by atoms with Crippen LogP contribution in [0.25, 0.3) is 0 Å². The molecule has 0 aliphatic heterocycles. The lowest BCUT2D eigenvalue weighted by atomic mass is 10.1. The van der Waals surface area contributed by atoms with E-state index in [0.717, 1.165) is 18.5 Å². The first-order valence-electron chi connectivity index (χ1n) is 5.31. The quantitative estimate of drug-likeness (QED) is 0.769. The minimum Gasteiger partial charge on any atom is -0.393 e. The molecule has 0 saturated heterocycles. The molecule has 1 N–H and O–H groups in total. The largest absolute Gasteiger partial charge is 0.393 e. The maximum Gasteiger partial charge on any atom is 0.0650 e. The van der Waals surface area contributed by atoms with Gasteiger partial charge in [-0.05, 0) is 25.8 Å². The molecule has 15 heavy (non-hydrogen) atoms. The second-order valence-electron chi connectivity index (χ2n) is 3.96. The van der Waals surface area contributed by atoms with Gasteiger partial charge in [-0.3, -0.25) is 4.68 Å². The van der Waals surface area contributed by atoms with Gasteiger partial charge in [0.25, 0.3) is 0 Å². The number of ether oxygens (including phenoxy) is 1. The maximum absolute atomic E-state index is 9.75. The van der Waals surface area contributed by atoms with Crippen molar-refractivity contribution in [1.29, 1.82) is 0 Å². The van der Waals surface area contributed by atoms with Crippen molar-refractivity contribution in [3.63, 3.8) is 0 Å². The molecule has 1 aromatic rings. The monoisotopic (exact) mass is 212 g/mol. The molecule has 0 saturated carbocycles. The fourth-order valence-electron chi connectivity index (χ4n) is 1.46. The molecule has 0 aliphatic rings. The molecule has 0 aromatic carbocycles. The van der Waals surface area contributed by atoms with Crippen LogP contribution in [-0.4, -0.2) is 34.2 Å². The summed E-state index contributed by atoms with van der Waals surface area (Å²) in [4.78, 5) is 0. The SMILES string of the molecule is COC(C)CCC(O)Cc1ccn(C)n1. The van der Waals surface area contributed by atoms with E-state index < -0.39 is 0 Å². The van der Waals surface area contributed by atoms with Crippen LogP contribution in [0.15, 0.2) is 12.3 Å². The van der Waals surface area contributed by atoms with Gasteiger partial charge < -0.3 is 9.84 Å². The van der Waals surface area contributed by atoms with E-state index in [9.17, 15) is 5.11 Å². The second-order valence-corrected chi connectivity index (χ2v) is 3.96. The van der Waals surface area contributed by atoms with Crippen molar-refractivity contribution >= 4 is 0 Å². The van der Waals surface area contributed by atoms with Crippen LogP contribution in [-0.2, 0) is 18.2 Å². The third-order valence-electron chi connectivity index (χ3n) is 2.52. The summed E-state index contributed by atoms with van der Waals surface area (Å²) >= 11 is 0. The number of methoxy groups -OCH3 is 1. The number of hydrogen-bond acceptors (Lipinski definition) is 3. The maximum atomic E-state index is 9.75. The standard InChI is InChI=1S/C11H20N2O2/c1-9(15-3)4-5-11(14)8-10-6-7-13(2)12-10/h6-7,9,11,14H,4-5,8H2,1-3H3. The van der Waals surface area contributed by atoms with Gasteiger partial charge in [0.05, 0.1) is 17.9 Å². The van der Waals surface area contributed by atoms with Crippen LogP contribution in [0, 0.1) is 0 Å². The van der Waals surface area contributed by atoms with Crippen LogP contribution in [0.1, 0.15) is 25.5 Å². The molecule has 0 amide bonds. The van der Waals surface area contributed by atoms with Crippen molar-refractivity contribution in [2.24, 2.45) is 7.05 Å². The summed E-state index contributed by atoms with van der Waals surface area (Å²) in [6.45, 7) is 2.01. The van der Waals surface area contributed by atoms with Gasteiger partial charge in [-0.2, -0.15) is 5.10 Å². The summed E-state index contributed by atoms with van der Waals surface area (Å²) in [5, 5.41) is 14.0. The predicted octanol–water partition coefficient (Wildman–Crippen LogP) is 1.14. The summed E-state index contributed by atoms with van der Waals surface area (Å²) in [6.07, 6.45) is 4.04. The molecule has 0 spiro atoms. The molecule has 0 bridgehead atoms. The van der Waals surface area contributed by atoms with Crippen LogP contribution in [0.3, 0.4) is 0 Å². The number of rotatable bonds is 6. The summed E-state index contributed by atoms with van der Waals surface area (Å²) in [5.41, 5.74) is 0.940. The highest BCUT2D eigenvalue weighted by Crippen LogP contribution is 2.08. The summed E-state index contributed by atoms with van der Waals surface area (Å²) < 4.78 is 6.87. The van der Waals surface area contributed by atoms with Crippen LogP contribution in [0.5, 0.6) is 0 Å². The first-order valence-corrected chi connectivity index (χ1v) is 5.31. The minimum atomic E-state index is -0.322. The summed E-state index contributed by atoms with van der Waals surface area (Å²) in [7, 11) is 3.57. The molecule has 1 aromatic heterocycles. The van der Waals surface area contributed by atoms with Gasteiger partial charge in [-0.15, -0.1) is 0 Å². The van der Waals surface area contributed by atoms with Crippen molar-refractivity contribution in [3.8, 4) is 0 Å².